The van der Waals surface area contributed by atoms with Crippen LogP contribution in [0.3, 0.4) is 0 Å². The molecular weight excluding hydrogens is 262 g/mol. The quantitative estimate of drug-likeness (QED) is 0.642. The van der Waals surface area contributed by atoms with Crippen molar-refractivity contribution in [2.45, 2.75) is 6.54 Å². The number of aromatic hydroxyl groups is 1. The van der Waals surface area contributed by atoms with Crippen molar-refractivity contribution in [3.05, 3.63) is 52.3 Å². The van der Waals surface area contributed by atoms with Crippen LogP contribution >= 0.6 is 0 Å². The van der Waals surface area contributed by atoms with Crippen molar-refractivity contribution in [3.8, 4) is 11.5 Å². The number of ether oxygens (including phenoxy) is 1. The smallest absolute Gasteiger partial charge is 0.271 e. The van der Waals surface area contributed by atoms with Crippen molar-refractivity contribution >= 4 is 11.4 Å². The van der Waals surface area contributed by atoms with Crippen molar-refractivity contribution in [2.24, 2.45) is 0 Å². The summed E-state index contributed by atoms with van der Waals surface area (Å²) in [5, 5.41) is 22.9. The lowest BCUT2D eigenvalue weighted by Crippen LogP contribution is -2.03. The number of hydrogen-bond acceptors (Lipinski definition) is 6. The molecule has 0 unspecified atom stereocenters. The van der Waals surface area contributed by atoms with E-state index in [1.165, 1.54) is 37.6 Å². The Hall–Kier alpha value is -2.83. The van der Waals surface area contributed by atoms with Crippen LogP contribution in [0.15, 0.2) is 36.5 Å². The van der Waals surface area contributed by atoms with Crippen LogP contribution in [0.25, 0.3) is 0 Å². The van der Waals surface area contributed by atoms with Crippen LogP contribution in [0.4, 0.5) is 11.4 Å². The van der Waals surface area contributed by atoms with E-state index in [9.17, 15) is 10.1 Å². The Labute approximate surface area is 115 Å². The molecule has 2 N–H and O–H groups in total. The summed E-state index contributed by atoms with van der Waals surface area (Å²) in [5.74, 6) is 0.594. The molecule has 0 atom stereocenters. The zero-order valence-electron chi connectivity index (χ0n) is 10.7. The minimum atomic E-state index is -0.469. The fraction of sp³-hybridized carbons (Fsp3) is 0.154. The maximum atomic E-state index is 10.8. The van der Waals surface area contributed by atoms with Gasteiger partial charge in [0, 0.05) is 12.1 Å². The van der Waals surface area contributed by atoms with E-state index in [0.717, 1.165) is 0 Å². The second-order valence-electron chi connectivity index (χ2n) is 4.00. The van der Waals surface area contributed by atoms with Crippen LogP contribution in [-0.4, -0.2) is 22.1 Å². The first kappa shape index (κ1) is 13.6. The number of nitro groups is 1. The summed E-state index contributed by atoms with van der Waals surface area (Å²) in [4.78, 5) is 14.3. The van der Waals surface area contributed by atoms with Crippen LogP contribution in [0, 0.1) is 10.1 Å². The molecule has 2 rings (SSSR count). The SMILES string of the molecule is COc1ccc([N+](=O)[O-])cc1NCc1ccc(O)cn1. The van der Waals surface area contributed by atoms with E-state index >= 15 is 0 Å². The Balaban J connectivity index is 2.16. The van der Waals surface area contributed by atoms with Gasteiger partial charge in [-0.2, -0.15) is 0 Å². The lowest BCUT2D eigenvalue weighted by atomic mass is 10.2. The molecule has 0 aliphatic carbocycles. The Morgan fingerprint density at radius 1 is 1.40 bits per heavy atom. The molecule has 0 aliphatic rings. The fourth-order valence-corrected chi connectivity index (χ4v) is 1.65. The van der Waals surface area contributed by atoms with Gasteiger partial charge in [0.15, 0.2) is 0 Å². The molecule has 0 amide bonds. The molecule has 7 nitrogen and oxygen atoms in total. The molecule has 0 saturated carbocycles. The highest BCUT2D eigenvalue weighted by Gasteiger charge is 2.11. The van der Waals surface area contributed by atoms with E-state index in [4.69, 9.17) is 9.84 Å². The van der Waals surface area contributed by atoms with Crippen molar-refractivity contribution in [3.63, 3.8) is 0 Å². The first-order valence-electron chi connectivity index (χ1n) is 5.80. The van der Waals surface area contributed by atoms with E-state index < -0.39 is 4.92 Å². The Bertz CT molecular complexity index is 614. The van der Waals surface area contributed by atoms with E-state index in [0.29, 0.717) is 23.7 Å². The number of nitrogens with zero attached hydrogens (tertiary/aromatic N) is 2. The number of nitro benzene ring substituents is 1. The second-order valence-corrected chi connectivity index (χ2v) is 4.00. The third-order valence-electron chi connectivity index (χ3n) is 2.66. The molecule has 0 radical (unpaired) electrons. The van der Waals surface area contributed by atoms with Crippen LogP contribution in [0.2, 0.25) is 0 Å². The van der Waals surface area contributed by atoms with Gasteiger partial charge >= 0.3 is 0 Å². The zero-order valence-corrected chi connectivity index (χ0v) is 10.7. The van der Waals surface area contributed by atoms with Crippen LogP contribution in [0.1, 0.15) is 5.69 Å². The largest absolute Gasteiger partial charge is 0.506 e. The molecule has 0 aliphatic heterocycles. The molecule has 1 aromatic heterocycles. The van der Waals surface area contributed by atoms with Crippen LogP contribution in [0.5, 0.6) is 11.5 Å². The summed E-state index contributed by atoms with van der Waals surface area (Å²) in [6, 6.07) is 7.49. The molecule has 1 aromatic carbocycles. The average Bonchev–Trinajstić information content (AvgIpc) is 2.46. The summed E-state index contributed by atoms with van der Waals surface area (Å²) in [5.41, 5.74) is 1.18. The summed E-state index contributed by atoms with van der Waals surface area (Å²) >= 11 is 0. The average molecular weight is 275 g/mol. The first-order chi connectivity index (χ1) is 9.60. The number of benzene rings is 1. The highest BCUT2D eigenvalue weighted by atomic mass is 16.6. The molecule has 20 heavy (non-hydrogen) atoms. The molecule has 0 saturated heterocycles. The topological polar surface area (TPSA) is 97.5 Å². The Morgan fingerprint density at radius 3 is 2.80 bits per heavy atom. The predicted molar refractivity (Wildman–Crippen MR) is 72.9 cm³/mol. The monoisotopic (exact) mass is 275 g/mol. The predicted octanol–water partition coefficient (Wildman–Crippen LogP) is 2.32. The molecule has 7 heteroatoms. The highest BCUT2D eigenvalue weighted by molar-refractivity contribution is 5.61. The number of hydrogen-bond donors (Lipinski definition) is 2. The molecule has 104 valence electrons. The minimum absolute atomic E-state index is 0.0213. The van der Waals surface area contributed by atoms with Crippen LogP contribution in [-0.2, 0) is 6.54 Å². The first-order valence-corrected chi connectivity index (χ1v) is 5.80. The summed E-state index contributed by atoms with van der Waals surface area (Å²) in [6.45, 7) is 0.359. The van der Waals surface area contributed by atoms with Gasteiger partial charge in [-0.25, -0.2) is 0 Å². The minimum Gasteiger partial charge on any atom is -0.506 e. The van der Waals surface area contributed by atoms with Gasteiger partial charge in [0.05, 0.1) is 36.2 Å². The third kappa shape index (κ3) is 3.14. The van der Waals surface area contributed by atoms with E-state index in [2.05, 4.69) is 10.3 Å². The Kier molecular flexibility index (Phi) is 3.99. The van der Waals surface area contributed by atoms with Gasteiger partial charge in [-0.05, 0) is 18.2 Å². The number of non-ortho nitro benzene ring substituents is 1. The van der Waals surface area contributed by atoms with Gasteiger partial charge in [0.1, 0.15) is 11.5 Å². The number of pyridine rings is 1. The highest BCUT2D eigenvalue weighted by Crippen LogP contribution is 2.29. The molecule has 1 heterocycles. The van der Waals surface area contributed by atoms with Gasteiger partial charge in [0.25, 0.3) is 5.69 Å². The third-order valence-corrected chi connectivity index (χ3v) is 2.66. The normalized spacial score (nSPS) is 10.1. The lowest BCUT2D eigenvalue weighted by Gasteiger charge is -2.10. The number of methoxy groups -OCH3 is 1. The number of nitrogens with one attached hydrogen (secondary N) is 1. The van der Waals surface area contributed by atoms with Gasteiger partial charge in [-0.1, -0.05) is 0 Å². The standard InChI is InChI=1S/C13H13N3O4/c1-20-13-5-3-10(16(18)19)6-12(13)15-7-9-2-4-11(17)8-14-9/h2-6,8,15,17H,7H2,1H3. The number of aromatic nitrogens is 1. The number of anilines is 1. The lowest BCUT2D eigenvalue weighted by molar-refractivity contribution is -0.384. The van der Waals surface area contributed by atoms with Gasteiger partial charge in [0.2, 0.25) is 0 Å². The number of rotatable bonds is 5. The van der Waals surface area contributed by atoms with E-state index in [1.54, 1.807) is 6.07 Å². The summed E-state index contributed by atoms with van der Waals surface area (Å²) in [7, 11) is 1.49. The molecule has 0 spiro atoms. The van der Waals surface area contributed by atoms with Crippen LogP contribution < -0.4 is 10.1 Å². The maximum Gasteiger partial charge on any atom is 0.271 e. The van der Waals surface area contributed by atoms with Gasteiger partial charge in [-0.15, -0.1) is 0 Å². The molecule has 2 aromatic rings. The zero-order chi connectivity index (χ0) is 14.5. The van der Waals surface area contributed by atoms with E-state index in [1.807, 2.05) is 0 Å². The van der Waals surface area contributed by atoms with Crippen molar-refractivity contribution < 1.29 is 14.8 Å². The van der Waals surface area contributed by atoms with Crippen molar-refractivity contribution in [2.75, 3.05) is 12.4 Å². The van der Waals surface area contributed by atoms with Gasteiger partial charge < -0.3 is 15.2 Å². The van der Waals surface area contributed by atoms with Crippen molar-refractivity contribution in [1.29, 1.82) is 0 Å². The summed E-state index contributed by atoms with van der Waals surface area (Å²) in [6.07, 6.45) is 1.34. The summed E-state index contributed by atoms with van der Waals surface area (Å²) < 4.78 is 5.14. The Morgan fingerprint density at radius 2 is 2.20 bits per heavy atom. The fourth-order valence-electron chi connectivity index (χ4n) is 1.65. The van der Waals surface area contributed by atoms with Crippen molar-refractivity contribution in [1.82, 2.24) is 4.98 Å². The van der Waals surface area contributed by atoms with Gasteiger partial charge in [-0.3, -0.25) is 15.1 Å². The van der Waals surface area contributed by atoms with E-state index in [-0.39, 0.29) is 11.4 Å². The molecule has 0 bridgehead atoms. The molecule has 0 fully saturated rings. The second kappa shape index (κ2) is 5.87. The maximum absolute atomic E-state index is 10.8. The molecular formula is C13H13N3O4.